The summed E-state index contributed by atoms with van der Waals surface area (Å²) in [7, 11) is 0. The molecule has 0 saturated carbocycles. The van der Waals surface area contributed by atoms with Gasteiger partial charge in [0, 0.05) is 31.4 Å². The fraction of sp³-hybridized carbons (Fsp3) is 0.650. The summed E-state index contributed by atoms with van der Waals surface area (Å²) in [5.74, 6) is -1.30. The fourth-order valence-electron chi connectivity index (χ4n) is 2.40. The molecule has 1 N–H and O–H groups in total. The average molecular weight is 384 g/mol. The lowest BCUT2D eigenvalue weighted by Crippen LogP contribution is -2.27. The van der Waals surface area contributed by atoms with Gasteiger partial charge in [-0.1, -0.05) is 20.1 Å². The van der Waals surface area contributed by atoms with Crippen molar-refractivity contribution < 1.29 is 33.7 Å². The van der Waals surface area contributed by atoms with Crippen LogP contribution in [0.4, 0.5) is 0 Å². The van der Waals surface area contributed by atoms with Crippen molar-refractivity contribution in [1.29, 1.82) is 0 Å². The Bertz CT molecular complexity index is 487. The topological polar surface area (TPSA) is 99.1 Å². The third-order valence-electron chi connectivity index (χ3n) is 3.81. The van der Waals surface area contributed by atoms with Gasteiger partial charge in [-0.3, -0.25) is 4.79 Å². The first-order chi connectivity index (χ1) is 12.8. The number of hydrogen-bond acceptors (Lipinski definition) is 7. The van der Waals surface area contributed by atoms with Crippen molar-refractivity contribution in [2.45, 2.75) is 77.1 Å². The van der Waals surface area contributed by atoms with Crippen LogP contribution in [0.2, 0.25) is 0 Å². The van der Waals surface area contributed by atoms with Crippen molar-refractivity contribution in [2.24, 2.45) is 0 Å². The molecule has 7 nitrogen and oxygen atoms in total. The molecular weight excluding hydrogens is 352 g/mol. The third-order valence-corrected chi connectivity index (χ3v) is 3.81. The van der Waals surface area contributed by atoms with Crippen LogP contribution >= 0.6 is 0 Å². The van der Waals surface area contributed by atoms with Gasteiger partial charge in [-0.2, -0.15) is 0 Å². The molecule has 3 unspecified atom stereocenters. The van der Waals surface area contributed by atoms with E-state index < -0.39 is 30.3 Å². The normalized spacial score (nSPS) is 13.7. The van der Waals surface area contributed by atoms with Crippen LogP contribution in [0.1, 0.15) is 58.8 Å². The molecule has 0 rings (SSSR count). The minimum atomic E-state index is -0.741. The molecule has 0 aliphatic carbocycles. The molecule has 3 atom stereocenters. The Morgan fingerprint density at radius 1 is 1.00 bits per heavy atom. The number of aliphatic hydroxyl groups excluding tert-OH is 1. The summed E-state index contributed by atoms with van der Waals surface area (Å²) in [6.07, 6.45) is 4.06. The van der Waals surface area contributed by atoms with E-state index in [2.05, 4.69) is 13.2 Å². The van der Waals surface area contributed by atoms with E-state index in [1.54, 1.807) is 6.92 Å². The Morgan fingerprint density at radius 3 is 2.26 bits per heavy atom. The first-order valence-corrected chi connectivity index (χ1v) is 9.32. The molecule has 0 aliphatic rings. The molecule has 27 heavy (non-hydrogen) atoms. The zero-order valence-electron chi connectivity index (χ0n) is 16.4. The van der Waals surface area contributed by atoms with Gasteiger partial charge in [-0.25, -0.2) is 9.59 Å². The average Bonchev–Trinajstić information content (AvgIpc) is 2.62. The number of carbonyl (C=O) groups excluding carboxylic acids is 3. The predicted octanol–water partition coefficient (Wildman–Crippen LogP) is 2.86. The van der Waals surface area contributed by atoms with E-state index in [4.69, 9.17) is 14.2 Å². The highest BCUT2D eigenvalue weighted by Crippen LogP contribution is 2.14. The van der Waals surface area contributed by atoms with E-state index >= 15 is 0 Å². The molecule has 0 amide bonds. The molecule has 0 aliphatic heterocycles. The van der Waals surface area contributed by atoms with E-state index in [1.807, 2.05) is 6.92 Å². The Hall–Kier alpha value is -2.15. The first-order valence-electron chi connectivity index (χ1n) is 9.32. The lowest BCUT2D eigenvalue weighted by Gasteiger charge is -2.21. The minimum Gasteiger partial charge on any atom is -0.463 e. The van der Waals surface area contributed by atoms with Crippen molar-refractivity contribution in [3.8, 4) is 0 Å². The van der Waals surface area contributed by atoms with Crippen LogP contribution in [0.25, 0.3) is 0 Å². The van der Waals surface area contributed by atoms with Gasteiger partial charge in [0.25, 0.3) is 0 Å². The molecule has 0 bridgehead atoms. The zero-order valence-corrected chi connectivity index (χ0v) is 16.4. The SMILES string of the molecule is C=CC(=O)OCCCCCC(=O)OC(C)CC(O)CC(CC)OC(=O)C=C. The van der Waals surface area contributed by atoms with E-state index in [0.717, 1.165) is 18.6 Å². The first kappa shape index (κ1) is 24.8. The maximum absolute atomic E-state index is 11.8. The summed E-state index contributed by atoms with van der Waals surface area (Å²) in [6.45, 7) is 10.5. The summed E-state index contributed by atoms with van der Waals surface area (Å²) < 4.78 is 15.2. The molecule has 0 heterocycles. The van der Waals surface area contributed by atoms with Crippen molar-refractivity contribution in [3.05, 3.63) is 25.3 Å². The van der Waals surface area contributed by atoms with E-state index in [9.17, 15) is 19.5 Å². The number of ether oxygens (including phenoxy) is 3. The van der Waals surface area contributed by atoms with Gasteiger partial charge in [-0.05, 0) is 32.6 Å². The lowest BCUT2D eigenvalue weighted by atomic mass is 10.0. The van der Waals surface area contributed by atoms with Crippen molar-refractivity contribution in [3.63, 3.8) is 0 Å². The number of unbranched alkanes of at least 4 members (excludes halogenated alkanes) is 2. The summed E-state index contributed by atoms with van der Waals surface area (Å²) in [5.41, 5.74) is 0. The molecule has 0 spiro atoms. The fourth-order valence-corrected chi connectivity index (χ4v) is 2.40. The Labute approximate surface area is 161 Å². The van der Waals surface area contributed by atoms with Crippen molar-refractivity contribution in [1.82, 2.24) is 0 Å². The van der Waals surface area contributed by atoms with Gasteiger partial charge in [-0.15, -0.1) is 0 Å². The second kappa shape index (κ2) is 15.0. The Kier molecular flexibility index (Phi) is 13.8. The zero-order chi connectivity index (χ0) is 20.7. The molecule has 0 fully saturated rings. The van der Waals surface area contributed by atoms with Gasteiger partial charge in [0.15, 0.2) is 0 Å². The summed E-state index contributed by atoms with van der Waals surface area (Å²) in [4.78, 5) is 33.9. The molecular formula is C20H32O7. The number of hydrogen-bond donors (Lipinski definition) is 1. The Balaban J connectivity index is 3.94. The van der Waals surface area contributed by atoms with Gasteiger partial charge in [0.1, 0.15) is 12.2 Å². The number of rotatable bonds is 15. The lowest BCUT2D eigenvalue weighted by molar-refractivity contribution is -0.150. The second-order valence-corrected chi connectivity index (χ2v) is 6.28. The molecule has 154 valence electrons. The van der Waals surface area contributed by atoms with Gasteiger partial charge < -0.3 is 19.3 Å². The molecule has 0 aromatic heterocycles. The highest BCUT2D eigenvalue weighted by molar-refractivity contribution is 5.81. The van der Waals surface area contributed by atoms with Crippen LogP contribution in [-0.2, 0) is 28.6 Å². The largest absolute Gasteiger partial charge is 0.463 e. The Morgan fingerprint density at radius 2 is 1.67 bits per heavy atom. The van der Waals surface area contributed by atoms with Crippen LogP contribution in [0.15, 0.2) is 25.3 Å². The summed E-state index contributed by atoms with van der Waals surface area (Å²) in [5, 5.41) is 10.1. The van der Waals surface area contributed by atoms with Gasteiger partial charge in [0.05, 0.1) is 12.7 Å². The van der Waals surface area contributed by atoms with Gasteiger partial charge >= 0.3 is 17.9 Å². The number of aliphatic hydroxyl groups is 1. The number of carbonyl (C=O) groups is 3. The van der Waals surface area contributed by atoms with Gasteiger partial charge in [0.2, 0.25) is 0 Å². The molecule has 0 aromatic carbocycles. The van der Waals surface area contributed by atoms with Crippen LogP contribution in [0.3, 0.4) is 0 Å². The van der Waals surface area contributed by atoms with E-state index in [-0.39, 0.29) is 25.2 Å². The molecule has 0 saturated heterocycles. The molecule has 0 aromatic rings. The minimum absolute atomic E-state index is 0.268. The van der Waals surface area contributed by atoms with Crippen LogP contribution in [-0.4, -0.2) is 47.9 Å². The van der Waals surface area contributed by atoms with E-state index in [1.165, 1.54) is 0 Å². The van der Waals surface area contributed by atoms with Crippen molar-refractivity contribution >= 4 is 17.9 Å². The standard InChI is InChI=1S/C20H32O7/c1-5-17(27-19(23)7-3)14-16(21)13-15(4)26-20(24)11-9-8-10-12-25-18(22)6-2/h6-7,15-17,21H,2-3,5,8-14H2,1,4H3. The maximum Gasteiger partial charge on any atom is 0.330 e. The summed E-state index contributed by atoms with van der Waals surface area (Å²) in [6, 6.07) is 0. The van der Waals surface area contributed by atoms with Crippen LogP contribution in [0.5, 0.6) is 0 Å². The van der Waals surface area contributed by atoms with Crippen molar-refractivity contribution in [2.75, 3.05) is 6.61 Å². The van der Waals surface area contributed by atoms with E-state index in [0.29, 0.717) is 25.9 Å². The maximum atomic E-state index is 11.8. The second-order valence-electron chi connectivity index (χ2n) is 6.28. The molecule has 0 radical (unpaired) electrons. The number of esters is 3. The monoisotopic (exact) mass is 384 g/mol. The highest BCUT2D eigenvalue weighted by atomic mass is 16.5. The molecule has 7 heteroatoms. The van der Waals surface area contributed by atoms with Crippen LogP contribution < -0.4 is 0 Å². The third kappa shape index (κ3) is 13.7. The highest BCUT2D eigenvalue weighted by Gasteiger charge is 2.20. The quantitative estimate of drug-likeness (QED) is 0.201. The predicted molar refractivity (Wildman–Crippen MR) is 101 cm³/mol. The summed E-state index contributed by atoms with van der Waals surface area (Å²) >= 11 is 0. The smallest absolute Gasteiger partial charge is 0.330 e. The van der Waals surface area contributed by atoms with Crippen LogP contribution in [0, 0.1) is 0 Å².